The highest BCUT2D eigenvalue weighted by atomic mass is 16.5. The number of hydrogen-bond acceptors (Lipinski definition) is 4. The first kappa shape index (κ1) is 16.3. The van der Waals surface area contributed by atoms with Gasteiger partial charge in [-0.2, -0.15) is 0 Å². The van der Waals surface area contributed by atoms with E-state index in [9.17, 15) is 9.90 Å². The van der Waals surface area contributed by atoms with E-state index < -0.39 is 12.2 Å². The molecule has 3 rings (SSSR count). The van der Waals surface area contributed by atoms with Crippen molar-refractivity contribution in [3.63, 3.8) is 0 Å². The van der Waals surface area contributed by atoms with Crippen LogP contribution in [0.2, 0.25) is 0 Å². The number of hydrogen-bond donors (Lipinski definition) is 1. The fraction of sp³-hybridized carbons (Fsp3) is 0.316. The number of methoxy groups -OCH3 is 1. The molecule has 1 heterocycles. The van der Waals surface area contributed by atoms with Crippen LogP contribution in [-0.2, 0) is 11.2 Å². The molecule has 1 N–H and O–H groups in total. The molecule has 1 aliphatic heterocycles. The minimum Gasteiger partial charge on any atom is -0.496 e. The summed E-state index contributed by atoms with van der Waals surface area (Å²) in [5.74, 6) is 1.35. The quantitative estimate of drug-likeness (QED) is 0.911. The molecule has 0 saturated carbocycles. The van der Waals surface area contributed by atoms with Gasteiger partial charge >= 0.3 is 0 Å². The maximum absolute atomic E-state index is 12.5. The van der Waals surface area contributed by atoms with Gasteiger partial charge in [0.15, 0.2) is 0 Å². The number of nitrogens with zero attached hydrogens (tertiary/aromatic N) is 1. The number of carbonyl (C=O) groups excluding carboxylic acids is 1. The number of para-hydroxylation sites is 2. The summed E-state index contributed by atoms with van der Waals surface area (Å²) in [4.78, 5) is 14.2. The Morgan fingerprint density at radius 3 is 2.58 bits per heavy atom. The van der Waals surface area contributed by atoms with E-state index in [1.165, 1.54) is 0 Å². The summed E-state index contributed by atoms with van der Waals surface area (Å²) < 4.78 is 11.1. The Balaban J connectivity index is 1.62. The van der Waals surface area contributed by atoms with Gasteiger partial charge in [-0.3, -0.25) is 4.79 Å². The molecule has 126 valence electrons. The van der Waals surface area contributed by atoms with Crippen molar-refractivity contribution >= 4 is 5.91 Å². The Morgan fingerprint density at radius 1 is 1.12 bits per heavy atom. The summed E-state index contributed by atoms with van der Waals surface area (Å²) in [5, 5.41) is 10.2. The molecular formula is C19H21NO4. The molecule has 0 aromatic heterocycles. The first-order valence-corrected chi connectivity index (χ1v) is 7.97. The van der Waals surface area contributed by atoms with Crippen molar-refractivity contribution in [1.82, 2.24) is 4.90 Å². The Bertz CT molecular complexity index is 689. The summed E-state index contributed by atoms with van der Waals surface area (Å²) in [6.07, 6.45) is -0.852. The molecule has 24 heavy (non-hydrogen) atoms. The van der Waals surface area contributed by atoms with Gasteiger partial charge < -0.3 is 19.5 Å². The number of rotatable bonds is 5. The third kappa shape index (κ3) is 3.68. The normalized spacial score (nSPS) is 20.0. The smallest absolute Gasteiger partial charge is 0.227 e. The maximum Gasteiger partial charge on any atom is 0.227 e. The van der Waals surface area contributed by atoms with E-state index in [4.69, 9.17) is 9.47 Å². The second kappa shape index (κ2) is 7.36. The monoisotopic (exact) mass is 327 g/mol. The Labute approximate surface area is 141 Å². The van der Waals surface area contributed by atoms with Gasteiger partial charge in [0, 0.05) is 5.56 Å². The number of aliphatic hydroxyl groups excluding tert-OH is 1. The molecule has 5 heteroatoms. The van der Waals surface area contributed by atoms with Gasteiger partial charge in [0.2, 0.25) is 5.91 Å². The average Bonchev–Trinajstić information content (AvgIpc) is 2.97. The van der Waals surface area contributed by atoms with Crippen LogP contribution in [-0.4, -0.2) is 48.3 Å². The molecule has 2 atom stereocenters. The van der Waals surface area contributed by atoms with Gasteiger partial charge in [0.1, 0.15) is 23.7 Å². The zero-order valence-electron chi connectivity index (χ0n) is 13.6. The number of likely N-dealkylation sites (tertiary alicyclic amines) is 1. The van der Waals surface area contributed by atoms with Crippen molar-refractivity contribution in [2.75, 3.05) is 20.2 Å². The lowest BCUT2D eigenvalue weighted by atomic mass is 10.1. The van der Waals surface area contributed by atoms with Crippen molar-refractivity contribution in [2.45, 2.75) is 18.6 Å². The molecule has 1 amide bonds. The summed E-state index contributed by atoms with van der Waals surface area (Å²) in [7, 11) is 1.59. The molecule has 0 aliphatic carbocycles. The number of β-amino-alcohol motifs (C(OH)–C–C–N with tert-alkyl or cyclic N) is 1. The highest BCUT2D eigenvalue weighted by Crippen LogP contribution is 2.22. The average molecular weight is 327 g/mol. The molecule has 5 nitrogen and oxygen atoms in total. The van der Waals surface area contributed by atoms with Gasteiger partial charge in [0.25, 0.3) is 0 Å². The Morgan fingerprint density at radius 2 is 1.83 bits per heavy atom. The molecule has 0 unspecified atom stereocenters. The summed E-state index contributed by atoms with van der Waals surface area (Å²) in [6.45, 7) is 0.662. The van der Waals surface area contributed by atoms with Crippen LogP contribution in [0.5, 0.6) is 11.5 Å². The van der Waals surface area contributed by atoms with E-state index in [0.717, 1.165) is 5.56 Å². The molecule has 0 radical (unpaired) electrons. The minimum atomic E-state index is -0.688. The van der Waals surface area contributed by atoms with Gasteiger partial charge in [-0.25, -0.2) is 0 Å². The fourth-order valence-electron chi connectivity index (χ4n) is 2.87. The molecule has 1 saturated heterocycles. The van der Waals surface area contributed by atoms with Crippen molar-refractivity contribution in [3.8, 4) is 11.5 Å². The van der Waals surface area contributed by atoms with Crippen molar-refractivity contribution < 1.29 is 19.4 Å². The highest BCUT2D eigenvalue weighted by Gasteiger charge is 2.35. The maximum atomic E-state index is 12.5. The van der Waals surface area contributed by atoms with Crippen LogP contribution in [0.15, 0.2) is 54.6 Å². The van der Waals surface area contributed by atoms with Gasteiger partial charge in [-0.1, -0.05) is 36.4 Å². The number of ether oxygens (including phenoxy) is 2. The second-order valence-electron chi connectivity index (χ2n) is 5.82. The van der Waals surface area contributed by atoms with E-state index in [1.54, 1.807) is 12.0 Å². The lowest BCUT2D eigenvalue weighted by Gasteiger charge is -2.18. The molecule has 2 aromatic carbocycles. The SMILES string of the molecule is COc1ccccc1CC(=O)N1C[C@@H](O)[C@H](Oc2ccccc2)C1. The highest BCUT2D eigenvalue weighted by molar-refractivity contribution is 5.80. The van der Waals surface area contributed by atoms with Gasteiger partial charge in [0.05, 0.1) is 26.6 Å². The predicted molar refractivity (Wildman–Crippen MR) is 90.1 cm³/mol. The predicted octanol–water partition coefficient (Wildman–Crippen LogP) is 1.89. The zero-order valence-corrected chi connectivity index (χ0v) is 13.6. The number of benzene rings is 2. The lowest BCUT2D eigenvalue weighted by molar-refractivity contribution is -0.129. The molecular weight excluding hydrogens is 306 g/mol. The minimum absolute atomic E-state index is 0.0438. The van der Waals surface area contributed by atoms with E-state index in [0.29, 0.717) is 18.0 Å². The molecule has 0 spiro atoms. The van der Waals surface area contributed by atoms with Crippen molar-refractivity contribution in [2.24, 2.45) is 0 Å². The van der Waals surface area contributed by atoms with Crippen LogP contribution >= 0.6 is 0 Å². The second-order valence-corrected chi connectivity index (χ2v) is 5.82. The van der Waals surface area contributed by atoms with Crippen LogP contribution < -0.4 is 9.47 Å². The topological polar surface area (TPSA) is 59.0 Å². The largest absolute Gasteiger partial charge is 0.496 e. The first-order valence-electron chi connectivity index (χ1n) is 7.97. The van der Waals surface area contributed by atoms with E-state index in [2.05, 4.69) is 0 Å². The molecule has 2 aromatic rings. The Hall–Kier alpha value is -2.53. The van der Waals surface area contributed by atoms with E-state index in [1.807, 2.05) is 54.6 Å². The lowest BCUT2D eigenvalue weighted by Crippen LogP contribution is -2.32. The summed E-state index contributed by atoms with van der Waals surface area (Å²) in [5.41, 5.74) is 0.840. The van der Waals surface area contributed by atoms with Crippen LogP contribution in [0, 0.1) is 0 Å². The fourth-order valence-corrected chi connectivity index (χ4v) is 2.87. The standard InChI is InChI=1S/C19H21NO4/c1-23-17-10-6-5-7-14(17)11-19(22)20-12-16(21)18(13-20)24-15-8-3-2-4-9-15/h2-10,16,18,21H,11-13H2,1H3/t16-,18-/m1/s1. The van der Waals surface area contributed by atoms with Crippen LogP contribution in [0.3, 0.4) is 0 Å². The van der Waals surface area contributed by atoms with Gasteiger partial charge in [-0.05, 0) is 18.2 Å². The molecule has 1 aliphatic rings. The third-order valence-electron chi connectivity index (χ3n) is 4.15. The Kier molecular flexibility index (Phi) is 5.01. The third-order valence-corrected chi connectivity index (χ3v) is 4.15. The number of aliphatic hydroxyl groups is 1. The zero-order chi connectivity index (χ0) is 16.9. The van der Waals surface area contributed by atoms with Crippen LogP contribution in [0.1, 0.15) is 5.56 Å². The van der Waals surface area contributed by atoms with Crippen molar-refractivity contribution in [3.05, 3.63) is 60.2 Å². The van der Waals surface area contributed by atoms with Gasteiger partial charge in [-0.15, -0.1) is 0 Å². The summed E-state index contributed by atoms with van der Waals surface area (Å²) >= 11 is 0. The number of amides is 1. The van der Waals surface area contributed by atoms with Crippen LogP contribution in [0.4, 0.5) is 0 Å². The van der Waals surface area contributed by atoms with E-state index in [-0.39, 0.29) is 18.9 Å². The molecule has 0 bridgehead atoms. The first-order chi connectivity index (χ1) is 11.7. The number of carbonyl (C=O) groups is 1. The van der Waals surface area contributed by atoms with Crippen LogP contribution in [0.25, 0.3) is 0 Å². The summed E-state index contributed by atoms with van der Waals surface area (Å²) in [6, 6.07) is 16.8. The molecule has 1 fully saturated rings. The van der Waals surface area contributed by atoms with E-state index >= 15 is 0 Å². The van der Waals surface area contributed by atoms with Crippen molar-refractivity contribution in [1.29, 1.82) is 0 Å².